The highest BCUT2D eigenvalue weighted by molar-refractivity contribution is 8.00. The Morgan fingerprint density at radius 1 is 1.14 bits per heavy atom. The Labute approximate surface area is 179 Å². The number of amides is 1. The van der Waals surface area contributed by atoms with Crippen LogP contribution in [0.5, 0.6) is 0 Å². The van der Waals surface area contributed by atoms with Gasteiger partial charge in [-0.25, -0.2) is 0 Å². The number of nitrogens with zero attached hydrogens (tertiary/aromatic N) is 2. The Balaban J connectivity index is 1.71. The molecule has 0 saturated heterocycles. The lowest BCUT2D eigenvalue weighted by atomic mass is 10.1. The maximum Gasteiger partial charge on any atom is 0.271 e. The molecule has 29 heavy (non-hydrogen) atoms. The number of halogens is 1. The maximum atomic E-state index is 12.5. The van der Waals surface area contributed by atoms with Gasteiger partial charge in [-0.2, -0.15) is 9.78 Å². The van der Waals surface area contributed by atoms with Crippen LogP contribution in [0, 0.1) is 13.8 Å². The highest BCUT2D eigenvalue weighted by Gasteiger charge is 2.16. The quantitative estimate of drug-likeness (QED) is 0.595. The second-order valence-electron chi connectivity index (χ2n) is 6.76. The largest absolute Gasteiger partial charge is 0.351 e. The average molecular weight is 428 g/mol. The molecule has 1 amide bonds. The summed E-state index contributed by atoms with van der Waals surface area (Å²) in [4.78, 5) is 24.7. The molecule has 0 unspecified atom stereocenters. The first kappa shape index (κ1) is 21.1. The van der Waals surface area contributed by atoms with Crippen molar-refractivity contribution in [3.63, 3.8) is 0 Å². The van der Waals surface area contributed by atoms with Gasteiger partial charge in [0.05, 0.1) is 10.9 Å². The smallest absolute Gasteiger partial charge is 0.271 e. The molecule has 1 heterocycles. The molecule has 0 fully saturated rings. The third-order valence-electron chi connectivity index (χ3n) is 4.59. The second-order valence-corrected chi connectivity index (χ2v) is 8.53. The van der Waals surface area contributed by atoms with Crippen LogP contribution in [0.3, 0.4) is 0 Å². The molecule has 0 bridgehead atoms. The van der Waals surface area contributed by atoms with E-state index in [1.807, 2.05) is 50.2 Å². The minimum atomic E-state index is -0.379. The van der Waals surface area contributed by atoms with Gasteiger partial charge in [0.2, 0.25) is 5.91 Å². The van der Waals surface area contributed by atoms with E-state index in [0.29, 0.717) is 22.3 Å². The third-order valence-corrected chi connectivity index (χ3v) is 5.98. The molecule has 0 spiro atoms. The van der Waals surface area contributed by atoms with Gasteiger partial charge in [0.1, 0.15) is 5.03 Å². The minimum Gasteiger partial charge on any atom is -0.351 e. The van der Waals surface area contributed by atoms with Gasteiger partial charge in [-0.05, 0) is 61.7 Å². The molecule has 150 valence electrons. The number of carbonyl (C=O) groups is 1. The zero-order valence-electron chi connectivity index (χ0n) is 16.5. The molecule has 0 saturated carbocycles. The van der Waals surface area contributed by atoms with Crippen molar-refractivity contribution in [2.24, 2.45) is 0 Å². The van der Waals surface area contributed by atoms with Crippen molar-refractivity contribution in [2.45, 2.75) is 37.6 Å². The van der Waals surface area contributed by atoms with Crippen molar-refractivity contribution in [1.29, 1.82) is 0 Å². The predicted octanol–water partition coefficient (Wildman–Crippen LogP) is 4.30. The fourth-order valence-corrected chi connectivity index (χ4v) is 3.73. The zero-order valence-corrected chi connectivity index (χ0v) is 18.1. The summed E-state index contributed by atoms with van der Waals surface area (Å²) in [5, 5.41) is 8.17. The highest BCUT2D eigenvalue weighted by Crippen LogP contribution is 2.21. The summed E-state index contributed by atoms with van der Waals surface area (Å²) in [6.45, 7) is 6.18. The number of carbonyl (C=O) groups excluding carboxylic acids is 1. The fraction of sp³-hybridized carbons (Fsp3) is 0.227. The van der Waals surface area contributed by atoms with E-state index in [0.717, 1.165) is 16.7 Å². The predicted molar refractivity (Wildman–Crippen MR) is 118 cm³/mol. The highest BCUT2D eigenvalue weighted by atomic mass is 35.5. The Morgan fingerprint density at radius 3 is 2.62 bits per heavy atom. The van der Waals surface area contributed by atoms with Crippen LogP contribution in [-0.4, -0.2) is 20.9 Å². The topological polar surface area (TPSA) is 64.0 Å². The van der Waals surface area contributed by atoms with E-state index in [9.17, 15) is 9.59 Å². The molecule has 7 heteroatoms. The van der Waals surface area contributed by atoms with Crippen molar-refractivity contribution in [1.82, 2.24) is 15.1 Å². The molecule has 2 aromatic carbocycles. The first-order valence-corrected chi connectivity index (χ1v) is 10.5. The van der Waals surface area contributed by atoms with E-state index in [2.05, 4.69) is 10.4 Å². The second kappa shape index (κ2) is 9.29. The SMILES string of the molecule is Cc1ccc(-n2nc(S[C@H](C)C(=O)NCc3ccccc3Cl)ccc2=O)cc1C. The molecule has 3 rings (SSSR count). The average Bonchev–Trinajstić information content (AvgIpc) is 2.70. The Morgan fingerprint density at radius 2 is 1.90 bits per heavy atom. The summed E-state index contributed by atoms with van der Waals surface area (Å²) in [7, 11) is 0. The Hall–Kier alpha value is -2.57. The molecule has 1 N–H and O–H groups in total. The monoisotopic (exact) mass is 427 g/mol. The standard InChI is InChI=1S/C22H22ClN3O2S/c1-14-8-9-18(12-15(14)2)26-21(27)11-10-20(25-26)29-16(3)22(28)24-13-17-6-4-5-7-19(17)23/h4-12,16H,13H2,1-3H3,(H,24,28)/t16-/m1/s1. The molecule has 3 aromatic rings. The van der Waals surface area contributed by atoms with Gasteiger partial charge in [-0.15, -0.1) is 0 Å². The van der Waals surface area contributed by atoms with E-state index in [4.69, 9.17) is 11.6 Å². The van der Waals surface area contributed by atoms with Crippen LogP contribution >= 0.6 is 23.4 Å². The van der Waals surface area contributed by atoms with Crippen LogP contribution in [0.25, 0.3) is 5.69 Å². The number of aromatic nitrogens is 2. The number of hydrogen-bond donors (Lipinski definition) is 1. The van der Waals surface area contributed by atoms with Crippen LogP contribution < -0.4 is 10.9 Å². The molecule has 0 radical (unpaired) electrons. The first-order chi connectivity index (χ1) is 13.8. The molecule has 1 atom stereocenters. The molecule has 0 aliphatic rings. The van der Waals surface area contributed by atoms with Crippen molar-refractivity contribution in [2.75, 3.05) is 0 Å². The first-order valence-electron chi connectivity index (χ1n) is 9.21. The summed E-state index contributed by atoms with van der Waals surface area (Å²) in [5.41, 5.74) is 3.59. The van der Waals surface area contributed by atoms with Crippen molar-refractivity contribution in [3.8, 4) is 5.69 Å². The molecule has 0 aliphatic heterocycles. The van der Waals surface area contributed by atoms with Gasteiger partial charge >= 0.3 is 0 Å². The van der Waals surface area contributed by atoms with E-state index in [1.54, 1.807) is 19.1 Å². The van der Waals surface area contributed by atoms with Gasteiger partial charge in [-0.3, -0.25) is 9.59 Å². The van der Waals surface area contributed by atoms with E-state index in [1.165, 1.54) is 22.5 Å². The van der Waals surface area contributed by atoms with Crippen LogP contribution in [0.4, 0.5) is 0 Å². The number of aryl methyl sites for hydroxylation is 2. The fourth-order valence-electron chi connectivity index (χ4n) is 2.70. The molecule has 0 aliphatic carbocycles. The third kappa shape index (κ3) is 5.28. The maximum absolute atomic E-state index is 12.5. The van der Waals surface area contributed by atoms with Gasteiger partial charge in [0.15, 0.2) is 0 Å². The number of thioether (sulfide) groups is 1. The van der Waals surface area contributed by atoms with Crippen LogP contribution in [0.15, 0.2) is 64.4 Å². The minimum absolute atomic E-state index is 0.124. The lowest BCUT2D eigenvalue weighted by molar-refractivity contribution is -0.120. The zero-order chi connectivity index (χ0) is 21.0. The van der Waals surface area contributed by atoms with Gasteiger partial charge in [0.25, 0.3) is 5.56 Å². The van der Waals surface area contributed by atoms with Crippen molar-refractivity contribution < 1.29 is 4.79 Å². The Kier molecular flexibility index (Phi) is 6.77. The van der Waals surface area contributed by atoms with Crippen molar-refractivity contribution in [3.05, 3.63) is 86.7 Å². The Bertz CT molecular complexity index is 1100. The molecule has 5 nitrogen and oxygen atoms in total. The summed E-state index contributed by atoms with van der Waals surface area (Å²) in [6.07, 6.45) is 0. The number of hydrogen-bond acceptors (Lipinski definition) is 4. The van der Waals surface area contributed by atoms with E-state index < -0.39 is 0 Å². The van der Waals surface area contributed by atoms with Crippen LogP contribution in [0.1, 0.15) is 23.6 Å². The van der Waals surface area contributed by atoms with Crippen molar-refractivity contribution >= 4 is 29.3 Å². The number of benzene rings is 2. The molecular weight excluding hydrogens is 406 g/mol. The summed E-state index contributed by atoms with van der Waals surface area (Å²) >= 11 is 7.43. The normalized spacial score (nSPS) is 11.9. The summed E-state index contributed by atoms with van der Waals surface area (Å²) in [6, 6.07) is 16.3. The molecule has 1 aromatic heterocycles. The lowest BCUT2D eigenvalue weighted by Gasteiger charge is -2.13. The number of rotatable bonds is 6. The summed E-state index contributed by atoms with van der Waals surface area (Å²) < 4.78 is 1.36. The summed E-state index contributed by atoms with van der Waals surface area (Å²) in [5.74, 6) is -0.124. The van der Waals surface area contributed by atoms with Gasteiger partial charge < -0.3 is 5.32 Å². The van der Waals surface area contributed by atoms with Crippen LogP contribution in [0.2, 0.25) is 5.02 Å². The number of nitrogens with one attached hydrogen (secondary N) is 1. The van der Waals surface area contributed by atoms with E-state index in [-0.39, 0.29) is 16.7 Å². The van der Waals surface area contributed by atoms with E-state index >= 15 is 0 Å². The van der Waals surface area contributed by atoms with Crippen LogP contribution in [-0.2, 0) is 11.3 Å². The lowest BCUT2D eigenvalue weighted by Crippen LogP contribution is -2.30. The van der Waals surface area contributed by atoms with Gasteiger partial charge in [0, 0.05) is 17.6 Å². The van der Waals surface area contributed by atoms with Gasteiger partial charge in [-0.1, -0.05) is 47.6 Å². The molecular formula is C22H22ClN3O2S.